The molecule has 2 aromatic carbocycles. The molecule has 4 aliphatic rings. The van der Waals surface area contributed by atoms with Gasteiger partial charge in [0.1, 0.15) is 6.23 Å². The maximum absolute atomic E-state index is 13.1. The molecule has 8 atom stereocenters. The van der Waals surface area contributed by atoms with E-state index < -0.39 is 25.8 Å². The molecule has 7 rings (SSSR count). The van der Waals surface area contributed by atoms with Crippen LogP contribution in [-0.4, -0.2) is 49.6 Å². The van der Waals surface area contributed by atoms with Gasteiger partial charge in [0, 0.05) is 31.2 Å². The van der Waals surface area contributed by atoms with E-state index in [1.54, 1.807) is 0 Å². The Morgan fingerprint density at radius 1 is 0.915 bits per heavy atom. The van der Waals surface area contributed by atoms with Gasteiger partial charge in [-0.1, -0.05) is 102 Å². The van der Waals surface area contributed by atoms with Crippen molar-refractivity contribution in [2.24, 2.45) is 28.6 Å². The Balaban J connectivity index is 1.13. The molecule has 2 saturated heterocycles. The molecule has 8 nitrogen and oxygen atoms in total. The fourth-order valence-corrected chi connectivity index (χ4v) is 14.4. The van der Waals surface area contributed by atoms with Crippen molar-refractivity contribution in [1.82, 2.24) is 9.55 Å². The van der Waals surface area contributed by atoms with E-state index in [0.717, 1.165) is 6.42 Å². The highest BCUT2D eigenvalue weighted by Gasteiger charge is 2.69. The van der Waals surface area contributed by atoms with Crippen LogP contribution in [-0.2, 0) is 18.6 Å². The van der Waals surface area contributed by atoms with Crippen molar-refractivity contribution in [3.05, 3.63) is 93.8 Å². The summed E-state index contributed by atoms with van der Waals surface area (Å²) >= 11 is 0. The third-order valence-corrected chi connectivity index (χ3v) is 17.5. The van der Waals surface area contributed by atoms with Crippen LogP contribution in [0.15, 0.2) is 82.5 Å². The average Bonchev–Trinajstić information content (AvgIpc) is 3.74. The molecule has 3 heterocycles. The van der Waals surface area contributed by atoms with Gasteiger partial charge in [-0.15, -0.1) is 0 Å². The van der Waals surface area contributed by atoms with Crippen molar-refractivity contribution in [2.45, 2.75) is 97.0 Å². The molecule has 2 aliphatic carbocycles. The van der Waals surface area contributed by atoms with Crippen LogP contribution in [0.2, 0.25) is 5.04 Å². The standard InChI is InChI=1S/C38H50N2O6Si/c1-36(2,3)47(27-13-9-7-10-14-27,28-15-11-8-12-16-28)44-23-25-21-26(45-34(25)40-20-18-31(41)39-35(40)42)24-43-32-22-29-30-17-19-38(6,33(29)46-32)37(30,4)5/h7-16,18,20,25-26,29-30,32-34H,17,19,21-24H2,1-6H3,(H,39,41,42)/t25-,26+,29-,30-,32-,33-,34-,38+/m1/s1. The van der Waals surface area contributed by atoms with Crippen molar-refractivity contribution >= 4 is 18.7 Å². The van der Waals surface area contributed by atoms with E-state index in [2.05, 4.69) is 95.1 Å². The third kappa shape index (κ3) is 5.33. The summed E-state index contributed by atoms with van der Waals surface area (Å²) < 4.78 is 28.5. The quantitative estimate of drug-likeness (QED) is 0.317. The topological polar surface area (TPSA) is 91.8 Å². The van der Waals surface area contributed by atoms with E-state index in [9.17, 15) is 9.59 Å². The van der Waals surface area contributed by atoms with Gasteiger partial charge in [-0.05, 0) is 57.3 Å². The Hall–Kier alpha value is -2.82. The maximum Gasteiger partial charge on any atom is 0.330 e. The fourth-order valence-electron chi connectivity index (χ4n) is 9.80. The summed E-state index contributed by atoms with van der Waals surface area (Å²) in [5.74, 6) is 1.07. The van der Waals surface area contributed by atoms with Gasteiger partial charge in [-0.25, -0.2) is 4.79 Å². The lowest BCUT2D eigenvalue weighted by molar-refractivity contribution is -0.179. The number of aromatic nitrogens is 2. The molecule has 2 aliphatic heterocycles. The molecule has 0 radical (unpaired) electrons. The number of hydrogen-bond acceptors (Lipinski definition) is 6. The van der Waals surface area contributed by atoms with Crippen molar-refractivity contribution in [3.63, 3.8) is 0 Å². The Morgan fingerprint density at radius 2 is 1.57 bits per heavy atom. The Labute approximate surface area is 278 Å². The number of benzene rings is 2. The van der Waals surface area contributed by atoms with Crippen LogP contribution in [0.5, 0.6) is 0 Å². The Bertz CT molecular complexity index is 1640. The van der Waals surface area contributed by atoms with Crippen LogP contribution < -0.4 is 21.6 Å². The molecule has 252 valence electrons. The van der Waals surface area contributed by atoms with E-state index in [1.807, 2.05) is 12.1 Å². The van der Waals surface area contributed by atoms with Gasteiger partial charge in [0.25, 0.3) is 13.9 Å². The maximum atomic E-state index is 13.1. The highest BCUT2D eigenvalue weighted by atomic mass is 28.4. The SMILES string of the molecule is CC1(C)[C@@H]2CC[C@@]1(C)[C@@H]1O[C@@H](OC[C@@H]3C[C@H](CO[Si](c4ccccc4)(c4ccccc4)C(C)(C)C)[C@H](n4ccc(=O)[nH]c4=O)O3)C[C@H]21. The molecule has 0 amide bonds. The van der Waals surface area contributed by atoms with Crippen LogP contribution in [0.25, 0.3) is 0 Å². The number of nitrogens with zero attached hydrogens (tertiary/aromatic N) is 1. The highest BCUT2D eigenvalue weighted by molar-refractivity contribution is 6.99. The minimum atomic E-state index is -2.82. The number of ether oxygens (including phenoxy) is 3. The third-order valence-electron chi connectivity index (χ3n) is 12.5. The number of H-pyrrole nitrogens is 1. The van der Waals surface area contributed by atoms with Crippen LogP contribution in [0.4, 0.5) is 0 Å². The van der Waals surface area contributed by atoms with Gasteiger partial charge in [0.15, 0.2) is 6.29 Å². The van der Waals surface area contributed by atoms with E-state index in [0.29, 0.717) is 31.5 Å². The van der Waals surface area contributed by atoms with Gasteiger partial charge in [-0.2, -0.15) is 0 Å². The second-order valence-corrected chi connectivity index (χ2v) is 20.4. The largest absolute Gasteiger partial charge is 0.407 e. The van der Waals surface area contributed by atoms with Gasteiger partial charge in [0.2, 0.25) is 0 Å². The molecule has 9 heteroatoms. The van der Waals surface area contributed by atoms with Crippen molar-refractivity contribution in [3.8, 4) is 0 Å². The number of aromatic amines is 1. The molecule has 1 N–H and O–H groups in total. The van der Waals surface area contributed by atoms with Crippen LogP contribution in [0, 0.1) is 28.6 Å². The molecule has 0 unspecified atom stereocenters. The first-order chi connectivity index (χ1) is 22.3. The van der Waals surface area contributed by atoms with Gasteiger partial charge < -0.3 is 18.6 Å². The number of hydrogen-bond donors (Lipinski definition) is 1. The van der Waals surface area contributed by atoms with E-state index in [4.69, 9.17) is 18.6 Å². The predicted molar refractivity (Wildman–Crippen MR) is 184 cm³/mol. The van der Waals surface area contributed by atoms with E-state index >= 15 is 0 Å². The number of fused-ring (bicyclic) bond motifs is 5. The van der Waals surface area contributed by atoms with Crippen molar-refractivity contribution in [1.29, 1.82) is 0 Å². The summed E-state index contributed by atoms with van der Waals surface area (Å²) in [6.45, 7) is 14.8. The van der Waals surface area contributed by atoms with Gasteiger partial charge in [-0.3, -0.25) is 14.3 Å². The summed E-state index contributed by atoms with van der Waals surface area (Å²) in [5, 5.41) is 2.21. The zero-order valence-electron chi connectivity index (χ0n) is 28.6. The molecule has 3 aromatic rings. The summed E-state index contributed by atoms with van der Waals surface area (Å²) in [7, 11) is -2.82. The summed E-state index contributed by atoms with van der Waals surface area (Å²) in [6.07, 6.45) is 4.74. The lowest BCUT2D eigenvalue weighted by Crippen LogP contribution is -2.67. The first-order valence-corrected chi connectivity index (χ1v) is 19.2. The lowest BCUT2D eigenvalue weighted by Gasteiger charge is -2.43. The minimum Gasteiger partial charge on any atom is -0.407 e. The van der Waals surface area contributed by atoms with Crippen LogP contribution >= 0.6 is 0 Å². The van der Waals surface area contributed by atoms with E-state index in [1.165, 1.54) is 40.0 Å². The zero-order valence-corrected chi connectivity index (χ0v) is 29.6. The van der Waals surface area contributed by atoms with Crippen molar-refractivity contribution in [2.75, 3.05) is 13.2 Å². The summed E-state index contributed by atoms with van der Waals surface area (Å²) in [4.78, 5) is 27.4. The van der Waals surface area contributed by atoms with Gasteiger partial charge >= 0.3 is 5.69 Å². The van der Waals surface area contributed by atoms with Crippen LogP contribution in [0.1, 0.15) is 73.5 Å². The molecule has 1 aromatic heterocycles. The summed E-state index contributed by atoms with van der Waals surface area (Å²) in [6, 6.07) is 22.5. The molecular formula is C38H50N2O6Si. The molecule has 2 saturated carbocycles. The fraction of sp³-hybridized carbons (Fsp3) is 0.579. The number of rotatable bonds is 9. The zero-order chi connectivity index (χ0) is 33.2. The van der Waals surface area contributed by atoms with Gasteiger partial charge in [0.05, 0.1) is 18.8 Å². The normalized spacial score (nSPS) is 32.9. The highest BCUT2D eigenvalue weighted by Crippen LogP contribution is 2.71. The monoisotopic (exact) mass is 658 g/mol. The lowest BCUT2D eigenvalue weighted by atomic mass is 9.70. The molecular weight excluding hydrogens is 609 g/mol. The smallest absolute Gasteiger partial charge is 0.330 e. The second kappa shape index (κ2) is 11.9. The molecule has 2 bridgehead atoms. The Kier molecular flexibility index (Phi) is 8.32. The average molecular weight is 659 g/mol. The number of nitrogens with one attached hydrogen (secondary N) is 1. The predicted octanol–water partition coefficient (Wildman–Crippen LogP) is 5.22. The Morgan fingerprint density at radius 3 is 2.17 bits per heavy atom. The molecule has 0 spiro atoms. The minimum absolute atomic E-state index is 0.145. The van der Waals surface area contributed by atoms with Crippen molar-refractivity contribution < 1.29 is 18.6 Å². The first-order valence-electron chi connectivity index (χ1n) is 17.3. The summed E-state index contributed by atoms with van der Waals surface area (Å²) in [5.41, 5.74) is -0.446. The molecule has 4 fully saturated rings. The van der Waals surface area contributed by atoms with E-state index in [-0.39, 0.29) is 40.3 Å². The first kappa shape index (κ1) is 32.7. The molecule has 47 heavy (non-hydrogen) atoms. The second-order valence-electron chi connectivity index (χ2n) is 16.1. The van der Waals surface area contributed by atoms with Crippen LogP contribution in [0.3, 0.4) is 0 Å².